The molecule has 1 aliphatic heterocycles. The summed E-state index contributed by atoms with van der Waals surface area (Å²) in [4.78, 5) is 16.6. The molecule has 1 saturated heterocycles. The molecule has 1 rings (SSSR count). The van der Waals surface area contributed by atoms with Crippen molar-refractivity contribution in [2.24, 2.45) is 17.6 Å². The minimum absolute atomic E-state index is 0.0301. The second-order valence-electron chi connectivity index (χ2n) is 12.0. The van der Waals surface area contributed by atoms with Crippen LogP contribution in [0, 0.1) is 11.8 Å². The molecule has 1 heterocycles. The summed E-state index contributed by atoms with van der Waals surface area (Å²) in [6, 6.07) is 0.581. The van der Waals surface area contributed by atoms with Crippen LogP contribution in [-0.2, 0) is 4.79 Å². The first kappa shape index (κ1) is 36.2. The van der Waals surface area contributed by atoms with Crippen LogP contribution in [0.2, 0.25) is 0 Å². The van der Waals surface area contributed by atoms with Gasteiger partial charge in [-0.05, 0) is 86.3 Å². The van der Waals surface area contributed by atoms with Gasteiger partial charge in [-0.2, -0.15) is 0 Å². The molecule has 0 saturated carbocycles. The Balaban J connectivity index is 3.05. The number of ketones is 1. The second-order valence-corrected chi connectivity index (χ2v) is 12.0. The van der Waals surface area contributed by atoms with E-state index in [1.165, 1.54) is 22.9 Å². The summed E-state index contributed by atoms with van der Waals surface area (Å²) in [6.45, 7) is 24.9. The van der Waals surface area contributed by atoms with Crippen molar-refractivity contribution in [2.75, 3.05) is 26.7 Å². The maximum atomic E-state index is 14.7. The number of Topliss-reactive ketones (excluding diaryl/α,β-unsaturated/α-hetero) is 1. The number of hydrogen-bond donors (Lipinski definition) is 2. The topological polar surface area (TPSA) is 61.6 Å². The Morgan fingerprint density at radius 2 is 1.73 bits per heavy atom. The van der Waals surface area contributed by atoms with Gasteiger partial charge in [-0.1, -0.05) is 55.7 Å². The molecule has 0 aromatic heterocycles. The van der Waals surface area contributed by atoms with E-state index < -0.39 is 5.83 Å². The number of nitrogens with one attached hydrogen (secondary N) is 1. The van der Waals surface area contributed by atoms with Gasteiger partial charge in [0, 0.05) is 54.8 Å². The molecule has 1 atom stereocenters. The Morgan fingerprint density at radius 3 is 2.27 bits per heavy atom. The molecule has 0 aliphatic carbocycles. The predicted molar refractivity (Wildman–Crippen MR) is 175 cm³/mol. The first-order valence-corrected chi connectivity index (χ1v) is 15.1. The molecule has 0 aromatic carbocycles. The summed E-state index contributed by atoms with van der Waals surface area (Å²) in [5.41, 5.74) is 13.2. The van der Waals surface area contributed by atoms with Crippen LogP contribution in [0.25, 0.3) is 0 Å². The number of nitrogens with zero attached hydrogens (tertiary/aromatic N) is 2. The maximum Gasteiger partial charge on any atom is 0.156 e. The number of halogens is 1. The minimum Gasteiger partial charge on any atom is -0.399 e. The molecule has 0 radical (unpaired) electrons. The average molecular weight is 569 g/mol. The van der Waals surface area contributed by atoms with E-state index in [2.05, 4.69) is 55.5 Å². The number of likely N-dealkylation sites (N-methyl/N-ethyl adjacent to an activating group) is 1. The number of hydrogen-bond acceptors (Lipinski definition) is 5. The number of likely N-dealkylation sites (tertiary alicyclic amines) is 1. The van der Waals surface area contributed by atoms with Crippen LogP contribution < -0.4 is 11.1 Å². The van der Waals surface area contributed by atoms with Crippen LogP contribution in [0.15, 0.2) is 82.3 Å². The molecule has 0 bridgehead atoms. The second kappa shape index (κ2) is 17.8. The molecule has 0 amide bonds. The van der Waals surface area contributed by atoms with Crippen molar-refractivity contribution in [3.8, 4) is 0 Å². The van der Waals surface area contributed by atoms with Crippen molar-refractivity contribution in [3.63, 3.8) is 0 Å². The lowest BCUT2D eigenvalue weighted by molar-refractivity contribution is -0.113. The van der Waals surface area contributed by atoms with Crippen molar-refractivity contribution in [1.29, 1.82) is 0 Å². The lowest BCUT2D eigenvalue weighted by Crippen LogP contribution is -2.56. The summed E-state index contributed by atoms with van der Waals surface area (Å²) in [5.74, 6) is -0.184. The highest BCUT2D eigenvalue weighted by Crippen LogP contribution is 2.25. The van der Waals surface area contributed by atoms with Gasteiger partial charge in [-0.3, -0.25) is 4.79 Å². The summed E-state index contributed by atoms with van der Waals surface area (Å²) in [7, 11) is 2.03. The zero-order valence-corrected chi connectivity index (χ0v) is 27.5. The van der Waals surface area contributed by atoms with Gasteiger partial charge < -0.3 is 20.9 Å². The van der Waals surface area contributed by atoms with Gasteiger partial charge in [-0.25, -0.2) is 4.39 Å². The molecular weight excluding hydrogens is 511 g/mol. The van der Waals surface area contributed by atoms with E-state index in [9.17, 15) is 9.18 Å². The Kier molecular flexibility index (Phi) is 15.7. The van der Waals surface area contributed by atoms with Crippen LogP contribution in [-0.4, -0.2) is 48.3 Å². The fourth-order valence-corrected chi connectivity index (χ4v) is 4.58. The van der Waals surface area contributed by atoms with Crippen LogP contribution >= 0.6 is 0 Å². The van der Waals surface area contributed by atoms with Gasteiger partial charge in [0.05, 0.1) is 5.70 Å². The molecule has 0 aromatic rings. The third-order valence-corrected chi connectivity index (χ3v) is 7.94. The van der Waals surface area contributed by atoms with Crippen molar-refractivity contribution in [3.05, 3.63) is 82.3 Å². The highest BCUT2D eigenvalue weighted by Gasteiger charge is 2.27. The highest BCUT2D eigenvalue weighted by atomic mass is 19.1. The van der Waals surface area contributed by atoms with Gasteiger partial charge in [-0.15, -0.1) is 6.58 Å². The molecule has 6 heteroatoms. The zero-order valence-electron chi connectivity index (χ0n) is 27.5. The van der Waals surface area contributed by atoms with Crippen molar-refractivity contribution in [2.45, 2.75) is 94.0 Å². The normalized spacial score (nSPS) is 17.5. The Morgan fingerprint density at radius 1 is 1.10 bits per heavy atom. The van der Waals surface area contributed by atoms with Crippen molar-refractivity contribution < 1.29 is 9.18 Å². The third kappa shape index (κ3) is 12.7. The predicted octanol–water partition coefficient (Wildman–Crippen LogP) is 7.93. The fraction of sp³-hybridized carbons (Fsp3) is 0.571. The van der Waals surface area contributed by atoms with Crippen LogP contribution in [0.3, 0.4) is 0 Å². The Labute approximate surface area is 250 Å². The van der Waals surface area contributed by atoms with Gasteiger partial charge in [0.15, 0.2) is 5.78 Å². The SMILES string of the molecule is C=C(C)CC/C=C/C(F)=C(/N)C(C)/C=C(\C)N(/C=C(\C)C(C)=O)CC/C(C)=C(/C)C/C=C(\C(C)C)N1CC(NC)C1. The van der Waals surface area contributed by atoms with Gasteiger partial charge >= 0.3 is 0 Å². The van der Waals surface area contributed by atoms with Crippen molar-refractivity contribution >= 4 is 5.78 Å². The first-order chi connectivity index (χ1) is 19.2. The fourth-order valence-electron chi connectivity index (χ4n) is 4.58. The molecule has 41 heavy (non-hydrogen) atoms. The lowest BCUT2D eigenvalue weighted by atomic mass is 9.98. The largest absolute Gasteiger partial charge is 0.399 e. The third-order valence-electron chi connectivity index (χ3n) is 7.94. The first-order valence-electron chi connectivity index (χ1n) is 15.1. The molecule has 3 N–H and O–H groups in total. The van der Waals surface area contributed by atoms with E-state index in [4.69, 9.17) is 5.73 Å². The average Bonchev–Trinajstić information content (AvgIpc) is 2.88. The van der Waals surface area contributed by atoms with E-state index in [0.717, 1.165) is 50.0 Å². The lowest BCUT2D eigenvalue weighted by Gasteiger charge is -2.43. The number of carbonyl (C=O) groups excluding carboxylic acids is 1. The number of carbonyl (C=O) groups is 1. The van der Waals surface area contributed by atoms with Crippen molar-refractivity contribution in [1.82, 2.24) is 15.1 Å². The number of rotatable bonds is 17. The number of nitrogens with two attached hydrogens (primary N) is 1. The molecule has 1 unspecified atom stereocenters. The smallest absolute Gasteiger partial charge is 0.156 e. The molecule has 5 nitrogen and oxygen atoms in total. The maximum absolute atomic E-state index is 14.7. The molecule has 0 spiro atoms. The van der Waals surface area contributed by atoms with E-state index in [1.807, 2.05) is 47.0 Å². The summed E-state index contributed by atoms with van der Waals surface area (Å²) in [5, 5.41) is 3.35. The van der Waals surface area contributed by atoms with Gasteiger partial charge in [0.25, 0.3) is 0 Å². The minimum atomic E-state index is -0.409. The highest BCUT2D eigenvalue weighted by molar-refractivity contribution is 5.92. The molecule has 1 fully saturated rings. The van der Waals surface area contributed by atoms with E-state index in [-0.39, 0.29) is 17.4 Å². The summed E-state index contributed by atoms with van der Waals surface area (Å²) >= 11 is 0. The van der Waals surface area contributed by atoms with E-state index in [1.54, 1.807) is 13.0 Å². The zero-order chi connectivity index (χ0) is 31.3. The quantitative estimate of drug-likeness (QED) is 0.106. The van der Waals surface area contributed by atoms with Crippen LogP contribution in [0.4, 0.5) is 4.39 Å². The van der Waals surface area contributed by atoms with Crippen LogP contribution in [0.5, 0.6) is 0 Å². The Hall–Kier alpha value is -2.86. The molecule has 230 valence electrons. The Bertz CT molecular complexity index is 1080. The van der Waals surface area contributed by atoms with E-state index in [0.29, 0.717) is 24.1 Å². The van der Waals surface area contributed by atoms with Gasteiger partial charge in [0.2, 0.25) is 0 Å². The molecule has 1 aliphatic rings. The monoisotopic (exact) mass is 568 g/mol. The molecular formula is C35H57FN4O. The summed E-state index contributed by atoms with van der Waals surface area (Å²) < 4.78 is 14.7. The van der Waals surface area contributed by atoms with E-state index >= 15 is 0 Å². The van der Waals surface area contributed by atoms with Crippen LogP contribution in [0.1, 0.15) is 88.0 Å². The summed E-state index contributed by atoms with van der Waals surface area (Å²) in [6.07, 6.45) is 12.8. The van der Waals surface area contributed by atoms with Gasteiger partial charge in [0.1, 0.15) is 5.83 Å². The standard InChI is InChI=1S/C35H57FN4O/c1-24(2)14-12-13-15-33(36)35(37)28(7)20-30(9)39(21-29(8)31(10)41)19-18-27(6)26(5)16-17-34(25(3)4)40-22-32(23-40)38-11/h13,15,17,20-21,25,28,32,38H,1,12,14,16,18-19,22-23,37H2,2-11H3/b15-13+,27-26-,29-21+,30-20+,34-17+,35-33-. The number of allylic oxidation sites excluding steroid dienone is 10.